The van der Waals surface area contributed by atoms with Crippen LogP contribution in [0, 0.1) is 5.92 Å². The first kappa shape index (κ1) is 19.9. The molecule has 2 aliphatic rings. The van der Waals surface area contributed by atoms with Gasteiger partial charge in [-0.1, -0.05) is 24.3 Å². The lowest BCUT2D eigenvalue weighted by Gasteiger charge is -2.42. The Balaban J connectivity index is 1.27. The number of para-hydroxylation sites is 1. The van der Waals surface area contributed by atoms with E-state index < -0.39 is 0 Å². The number of ether oxygens (including phenoxy) is 1. The first-order chi connectivity index (χ1) is 15.2. The van der Waals surface area contributed by atoms with Crippen LogP contribution in [0.5, 0.6) is 5.75 Å². The Kier molecular flexibility index (Phi) is 5.51. The van der Waals surface area contributed by atoms with E-state index in [1.807, 2.05) is 63.4 Å². The second-order valence-electron chi connectivity index (χ2n) is 8.22. The molecule has 160 valence electrons. The quantitative estimate of drug-likeness (QED) is 0.643. The van der Waals surface area contributed by atoms with E-state index in [2.05, 4.69) is 11.4 Å². The molecule has 1 amide bonds. The molecule has 31 heavy (non-hydrogen) atoms. The smallest absolute Gasteiger partial charge is 0.274 e. The Morgan fingerprint density at radius 2 is 1.94 bits per heavy atom. The van der Waals surface area contributed by atoms with Gasteiger partial charge in [0.25, 0.3) is 11.5 Å². The molecule has 1 N–H and O–H groups in total. The van der Waals surface area contributed by atoms with Crippen molar-refractivity contribution in [2.24, 2.45) is 5.92 Å². The van der Waals surface area contributed by atoms with Gasteiger partial charge in [-0.25, -0.2) is 0 Å². The average molecular weight is 436 g/mol. The first-order valence-corrected chi connectivity index (χ1v) is 11.5. The first-order valence-electron chi connectivity index (χ1n) is 10.6. The molecule has 3 aromatic rings. The highest BCUT2D eigenvalue weighted by Crippen LogP contribution is 2.35. The molecule has 1 fully saturated rings. The molecule has 1 aromatic carbocycles. The fourth-order valence-electron chi connectivity index (χ4n) is 4.63. The van der Waals surface area contributed by atoms with Crippen molar-refractivity contribution in [1.82, 2.24) is 9.47 Å². The number of rotatable bonds is 6. The van der Waals surface area contributed by atoms with Gasteiger partial charge in [0.2, 0.25) is 0 Å². The van der Waals surface area contributed by atoms with Gasteiger partial charge in [0, 0.05) is 42.7 Å². The molecule has 0 aliphatic carbocycles. The lowest BCUT2D eigenvalue weighted by molar-refractivity contribution is -0.136. The third-order valence-electron chi connectivity index (χ3n) is 6.10. The summed E-state index contributed by atoms with van der Waals surface area (Å²) in [5.41, 5.74) is 1.71. The minimum absolute atomic E-state index is 0.00332. The van der Waals surface area contributed by atoms with Gasteiger partial charge in [0.1, 0.15) is 11.4 Å². The summed E-state index contributed by atoms with van der Waals surface area (Å²) in [5.74, 6) is 1.18. The van der Waals surface area contributed by atoms with Crippen molar-refractivity contribution in [3.05, 3.63) is 80.9 Å². The van der Waals surface area contributed by atoms with Crippen LogP contribution in [-0.4, -0.2) is 35.1 Å². The summed E-state index contributed by atoms with van der Waals surface area (Å²) in [6, 6.07) is 17.4. The summed E-state index contributed by atoms with van der Waals surface area (Å²) in [6.07, 6.45) is 1.02. The predicted molar refractivity (Wildman–Crippen MR) is 122 cm³/mol. The van der Waals surface area contributed by atoms with Gasteiger partial charge in [-0.15, -0.1) is 11.3 Å². The third-order valence-corrected chi connectivity index (χ3v) is 6.97. The SMILES string of the molecule is O=C(COc1ccccc1)N1C[C@H]2C[C@H](C1)c1ccc(NCc3cccs3)c(=O)n1C2. The molecule has 0 saturated carbocycles. The van der Waals surface area contributed by atoms with Gasteiger partial charge in [0.15, 0.2) is 6.61 Å². The molecular formula is C24H25N3O3S. The maximum atomic E-state index is 13.1. The van der Waals surface area contributed by atoms with Crippen molar-refractivity contribution in [3.63, 3.8) is 0 Å². The van der Waals surface area contributed by atoms with Gasteiger partial charge in [-0.3, -0.25) is 9.59 Å². The highest BCUT2D eigenvalue weighted by Gasteiger charge is 2.36. The van der Waals surface area contributed by atoms with Crippen molar-refractivity contribution >= 4 is 22.9 Å². The molecule has 2 bridgehead atoms. The molecule has 4 heterocycles. The maximum absolute atomic E-state index is 13.1. The summed E-state index contributed by atoms with van der Waals surface area (Å²) in [6.45, 7) is 2.66. The number of hydrogen-bond acceptors (Lipinski definition) is 5. The summed E-state index contributed by atoms with van der Waals surface area (Å²) in [4.78, 5) is 28.9. The van der Waals surface area contributed by atoms with Crippen molar-refractivity contribution < 1.29 is 9.53 Å². The minimum Gasteiger partial charge on any atom is -0.484 e. The Morgan fingerprint density at radius 1 is 1.06 bits per heavy atom. The second kappa shape index (κ2) is 8.59. The number of anilines is 1. The van der Waals surface area contributed by atoms with Crippen LogP contribution >= 0.6 is 11.3 Å². The van der Waals surface area contributed by atoms with E-state index in [4.69, 9.17) is 4.74 Å². The van der Waals surface area contributed by atoms with E-state index in [-0.39, 0.29) is 29.9 Å². The summed E-state index contributed by atoms with van der Waals surface area (Å²) in [7, 11) is 0. The van der Waals surface area contributed by atoms with Gasteiger partial charge in [-0.2, -0.15) is 0 Å². The van der Waals surface area contributed by atoms with Crippen molar-refractivity contribution in [2.45, 2.75) is 25.4 Å². The molecular weight excluding hydrogens is 410 g/mol. The average Bonchev–Trinajstić information content (AvgIpc) is 3.32. The molecule has 1 saturated heterocycles. The third kappa shape index (κ3) is 4.23. The van der Waals surface area contributed by atoms with Gasteiger partial charge in [0.05, 0.1) is 0 Å². The number of hydrogen-bond donors (Lipinski definition) is 1. The van der Waals surface area contributed by atoms with Crippen LogP contribution in [0.25, 0.3) is 0 Å². The minimum atomic E-state index is 0.00332. The summed E-state index contributed by atoms with van der Waals surface area (Å²) >= 11 is 1.68. The summed E-state index contributed by atoms with van der Waals surface area (Å²) < 4.78 is 7.57. The van der Waals surface area contributed by atoms with E-state index in [1.54, 1.807) is 11.3 Å². The number of amides is 1. The van der Waals surface area contributed by atoms with Gasteiger partial charge < -0.3 is 19.5 Å². The van der Waals surface area contributed by atoms with Crippen molar-refractivity contribution in [2.75, 3.05) is 25.0 Å². The van der Waals surface area contributed by atoms with Crippen LogP contribution < -0.4 is 15.6 Å². The van der Waals surface area contributed by atoms with Crippen LogP contribution in [0.4, 0.5) is 5.69 Å². The number of carbonyl (C=O) groups is 1. The second-order valence-corrected chi connectivity index (χ2v) is 9.25. The Bertz CT molecular complexity index is 1110. The highest BCUT2D eigenvalue weighted by molar-refractivity contribution is 7.09. The molecule has 2 aliphatic heterocycles. The zero-order chi connectivity index (χ0) is 21.2. The molecule has 2 atom stereocenters. The summed E-state index contributed by atoms with van der Waals surface area (Å²) in [5, 5.41) is 5.32. The number of thiophene rings is 1. The molecule has 0 spiro atoms. The number of nitrogens with zero attached hydrogens (tertiary/aromatic N) is 2. The fraction of sp³-hybridized carbons (Fsp3) is 0.333. The maximum Gasteiger partial charge on any atom is 0.274 e. The van der Waals surface area contributed by atoms with Crippen LogP contribution in [0.2, 0.25) is 0 Å². The van der Waals surface area contributed by atoms with Crippen LogP contribution in [0.1, 0.15) is 22.9 Å². The standard InChI is InChI=1S/C24H25N3O3S/c28-23(16-30-19-5-2-1-3-6-19)26-13-17-11-18(15-26)22-9-8-21(24(29)27(22)14-17)25-12-20-7-4-10-31-20/h1-10,17-18,25H,11-16H2/t17-,18-/m1/s1. The number of carbonyl (C=O) groups excluding carboxylic acids is 1. The lowest BCUT2D eigenvalue weighted by Crippen LogP contribution is -2.50. The number of nitrogens with one attached hydrogen (secondary N) is 1. The van der Waals surface area contributed by atoms with E-state index in [0.29, 0.717) is 37.6 Å². The predicted octanol–water partition coefficient (Wildman–Crippen LogP) is 3.55. The topological polar surface area (TPSA) is 63.6 Å². The number of fused-ring (bicyclic) bond motifs is 4. The largest absolute Gasteiger partial charge is 0.484 e. The number of aromatic nitrogens is 1. The van der Waals surface area contributed by atoms with Gasteiger partial charge in [-0.05, 0) is 48.1 Å². The Hall–Kier alpha value is -3.06. The Labute approximate surface area is 185 Å². The zero-order valence-corrected chi connectivity index (χ0v) is 18.0. The van der Waals surface area contributed by atoms with Crippen molar-refractivity contribution in [3.8, 4) is 5.75 Å². The fourth-order valence-corrected chi connectivity index (χ4v) is 5.28. The van der Waals surface area contributed by atoms with Crippen LogP contribution in [0.3, 0.4) is 0 Å². The van der Waals surface area contributed by atoms with Gasteiger partial charge >= 0.3 is 0 Å². The van der Waals surface area contributed by atoms with E-state index in [0.717, 1.165) is 12.1 Å². The molecule has 0 unspecified atom stereocenters. The van der Waals surface area contributed by atoms with Crippen molar-refractivity contribution in [1.29, 1.82) is 0 Å². The van der Waals surface area contributed by atoms with E-state index in [9.17, 15) is 9.59 Å². The van der Waals surface area contributed by atoms with Crippen LogP contribution in [-0.2, 0) is 17.9 Å². The number of pyridine rings is 1. The van der Waals surface area contributed by atoms with E-state index >= 15 is 0 Å². The van der Waals surface area contributed by atoms with E-state index in [1.165, 1.54) is 4.88 Å². The Morgan fingerprint density at radius 3 is 2.74 bits per heavy atom. The number of likely N-dealkylation sites (tertiary alicyclic amines) is 1. The number of piperidine rings is 1. The monoisotopic (exact) mass is 435 g/mol. The normalized spacial score (nSPS) is 19.5. The van der Waals surface area contributed by atoms with Crippen LogP contribution in [0.15, 0.2) is 64.8 Å². The number of benzene rings is 1. The lowest BCUT2D eigenvalue weighted by atomic mass is 9.83. The zero-order valence-electron chi connectivity index (χ0n) is 17.2. The molecule has 5 rings (SSSR count). The molecule has 0 radical (unpaired) electrons. The molecule has 6 nitrogen and oxygen atoms in total. The highest BCUT2D eigenvalue weighted by atomic mass is 32.1. The molecule has 2 aromatic heterocycles. The molecule has 7 heteroatoms.